The number of rotatable bonds is 4. The molecule has 9 nitrogen and oxygen atoms in total. The summed E-state index contributed by atoms with van der Waals surface area (Å²) in [6.45, 7) is 6.33. The maximum absolute atomic E-state index is 13.9. The van der Waals surface area contributed by atoms with Gasteiger partial charge >= 0.3 is 0 Å². The molecule has 31 heavy (non-hydrogen) atoms. The lowest BCUT2D eigenvalue weighted by atomic mass is 9.87. The number of carbonyl (C=O) groups is 1. The molecular formula is C21H27FN8O. The van der Waals surface area contributed by atoms with Crippen molar-refractivity contribution in [3.05, 3.63) is 29.3 Å². The zero-order valence-electron chi connectivity index (χ0n) is 18.2. The molecule has 0 atom stereocenters. The van der Waals surface area contributed by atoms with Crippen LogP contribution in [0.15, 0.2) is 12.3 Å². The van der Waals surface area contributed by atoms with Crippen LogP contribution < -0.4 is 20.9 Å². The Balaban J connectivity index is 0.000000858. The van der Waals surface area contributed by atoms with E-state index >= 15 is 0 Å². The Hall–Kier alpha value is -3.48. The summed E-state index contributed by atoms with van der Waals surface area (Å²) in [5.41, 5.74) is 1.53. The van der Waals surface area contributed by atoms with Gasteiger partial charge in [-0.15, -0.1) is 0 Å². The van der Waals surface area contributed by atoms with Gasteiger partial charge in [0.25, 0.3) is 0 Å². The van der Waals surface area contributed by atoms with E-state index in [9.17, 15) is 9.18 Å². The zero-order chi connectivity index (χ0) is 22.5. The van der Waals surface area contributed by atoms with Gasteiger partial charge in [0.1, 0.15) is 11.8 Å². The fourth-order valence-electron chi connectivity index (χ4n) is 3.35. The van der Waals surface area contributed by atoms with E-state index in [4.69, 9.17) is 5.26 Å². The second kappa shape index (κ2) is 9.55. The first-order valence-corrected chi connectivity index (χ1v) is 10.3. The zero-order valence-corrected chi connectivity index (χ0v) is 18.2. The lowest BCUT2D eigenvalue weighted by molar-refractivity contribution is -0.115. The molecule has 1 aliphatic heterocycles. The number of anilines is 4. The number of carbonyl (C=O) groups excluding carboxylic acids is 1. The van der Waals surface area contributed by atoms with Gasteiger partial charge in [0.15, 0.2) is 17.5 Å². The van der Waals surface area contributed by atoms with Crippen molar-refractivity contribution in [3.8, 4) is 6.07 Å². The first kappa shape index (κ1) is 22.2. The number of nitriles is 1. The van der Waals surface area contributed by atoms with E-state index in [0.29, 0.717) is 23.1 Å². The van der Waals surface area contributed by atoms with Crippen LogP contribution in [0.25, 0.3) is 0 Å². The highest BCUT2D eigenvalue weighted by Gasteiger charge is 2.31. The molecule has 3 heterocycles. The number of nitrogens with zero attached hydrogens (tertiary/aromatic N) is 5. The Morgan fingerprint density at radius 2 is 1.97 bits per heavy atom. The number of likely N-dealkylation sites (N-methyl/N-ethyl adjacent to an activating group) is 1. The number of hydrogen-bond donors (Lipinski definition) is 3. The monoisotopic (exact) mass is 426 g/mol. The highest BCUT2D eigenvalue weighted by molar-refractivity contribution is 6.00. The van der Waals surface area contributed by atoms with Crippen LogP contribution in [0.4, 0.5) is 27.7 Å². The smallest absolute Gasteiger partial charge is 0.244 e. The maximum atomic E-state index is 13.9. The van der Waals surface area contributed by atoms with E-state index in [2.05, 4.69) is 44.7 Å². The Labute approximate surface area is 181 Å². The molecule has 1 aliphatic carbocycles. The molecule has 0 bridgehead atoms. The largest absolute Gasteiger partial charge is 0.365 e. The van der Waals surface area contributed by atoms with Gasteiger partial charge in [-0.05, 0) is 25.8 Å². The molecule has 0 aromatic carbocycles. The highest BCUT2D eigenvalue weighted by Crippen LogP contribution is 2.32. The molecule has 0 spiro atoms. The van der Waals surface area contributed by atoms with Crippen LogP contribution >= 0.6 is 0 Å². The predicted octanol–water partition coefficient (Wildman–Crippen LogP) is 3.05. The molecule has 1 saturated carbocycles. The van der Waals surface area contributed by atoms with Crippen molar-refractivity contribution in [1.29, 1.82) is 5.26 Å². The molecule has 4 rings (SSSR count). The van der Waals surface area contributed by atoms with E-state index in [0.717, 1.165) is 12.8 Å². The average Bonchev–Trinajstić information content (AvgIpc) is 2.69. The van der Waals surface area contributed by atoms with E-state index in [1.165, 1.54) is 18.7 Å². The Morgan fingerprint density at radius 3 is 2.61 bits per heavy atom. The summed E-state index contributed by atoms with van der Waals surface area (Å²) >= 11 is 0. The minimum Gasteiger partial charge on any atom is -0.365 e. The van der Waals surface area contributed by atoms with Crippen molar-refractivity contribution in [3.63, 3.8) is 0 Å². The quantitative estimate of drug-likeness (QED) is 0.683. The van der Waals surface area contributed by atoms with E-state index in [-0.39, 0.29) is 35.9 Å². The Kier molecular flexibility index (Phi) is 6.84. The molecule has 2 aliphatic rings. The molecular weight excluding hydrogens is 399 g/mol. The van der Waals surface area contributed by atoms with Gasteiger partial charge in [-0.2, -0.15) is 10.2 Å². The second-order valence-electron chi connectivity index (χ2n) is 7.76. The summed E-state index contributed by atoms with van der Waals surface area (Å²) in [7, 11) is 1.82. The van der Waals surface area contributed by atoms with Gasteiger partial charge < -0.3 is 20.9 Å². The topological polar surface area (TPSA) is 119 Å². The van der Waals surface area contributed by atoms with Crippen molar-refractivity contribution >= 4 is 29.2 Å². The fraction of sp³-hybridized carbons (Fsp3) is 0.476. The molecule has 2 aromatic rings. The minimum absolute atomic E-state index is 0.0770. The molecule has 0 radical (unpaired) electrons. The molecule has 2 aromatic heterocycles. The highest BCUT2D eigenvalue weighted by atomic mass is 19.1. The number of nitrogens with one attached hydrogen (secondary N) is 3. The van der Waals surface area contributed by atoms with Gasteiger partial charge in [0.2, 0.25) is 11.9 Å². The molecule has 1 fully saturated rings. The van der Waals surface area contributed by atoms with Crippen LogP contribution in [0, 0.1) is 24.1 Å². The number of aryl methyl sites for hydroxylation is 1. The number of hydrogen-bond acceptors (Lipinski definition) is 8. The number of aromatic nitrogens is 3. The third kappa shape index (κ3) is 5.17. The Morgan fingerprint density at radius 1 is 1.29 bits per heavy atom. The van der Waals surface area contributed by atoms with Crippen LogP contribution in [0.1, 0.15) is 44.4 Å². The van der Waals surface area contributed by atoms with E-state index in [1.54, 1.807) is 4.90 Å². The third-order valence-electron chi connectivity index (χ3n) is 4.86. The Bertz CT molecular complexity index is 1000. The van der Waals surface area contributed by atoms with E-state index in [1.807, 2.05) is 20.0 Å². The first-order chi connectivity index (χ1) is 14.8. The van der Waals surface area contributed by atoms with Gasteiger partial charge in [-0.25, -0.2) is 14.4 Å². The van der Waals surface area contributed by atoms with Crippen LogP contribution in [0.5, 0.6) is 0 Å². The summed E-state index contributed by atoms with van der Waals surface area (Å²) in [5, 5.41) is 17.9. The number of pyridine rings is 1. The van der Waals surface area contributed by atoms with Crippen molar-refractivity contribution < 1.29 is 9.18 Å². The van der Waals surface area contributed by atoms with Crippen molar-refractivity contribution in [2.75, 3.05) is 34.4 Å². The number of fused-ring (bicyclic) bond motifs is 1. The summed E-state index contributed by atoms with van der Waals surface area (Å²) in [6.07, 6.45) is 4.11. The lowest BCUT2D eigenvalue weighted by Crippen LogP contribution is -2.44. The van der Waals surface area contributed by atoms with Crippen LogP contribution in [0.3, 0.4) is 0 Å². The molecule has 0 unspecified atom stereocenters. The molecule has 1 amide bonds. The maximum Gasteiger partial charge on any atom is 0.244 e. The van der Waals surface area contributed by atoms with Crippen LogP contribution in [-0.2, 0) is 4.79 Å². The van der Waals surface area contributed by atoms with Crippen LogP contribution in [-0.4, -0.2) is 46.5 Å². The second-order valence-corrected chi connectivity index (χ2v) is 7.76. The van der Waals surface area contributed by atoms with Crippen molar-refractivity contribution in [1.82, 2.24) is 15.0 Å². The van der Waals surface area contributed by atoms with Crippen molar-refractivity contribution in [2.45, 2.75) is 52.1 Å². The van der Waals surface area contributed by atoms with Crippen molar-refractivity contribution in [2.24, 2.45) is 0 Å². The van der Waals surface area contributed by atoms with Gasteiger partial charge in [0, 0.05) is 25.3 Å². The molecule has 164 valence electrons. The SMILES string of the molecule is CCC.Cc1nc(NC2CC(Nc3ncc(C#N)cc3F)C2)nc2c1NC(=O)CN2C. The average molecular weight is 427 g/mol. The van der Waals surface area contributed by atoms with Gasteiger partial charge in [0.05, 0.1) is 17.8 Å². The number of amides is 1. The summed E-state index contributed by atoms with van der Waals surface area (Å²) in [4.78, 5) is 26.4. The van der Waals surface area contributed by atoms with Crippen LogP contribution in [0.2, 0.25) is 0 Å². The molecule has 0 saturated heterocycles. The summed E-state index contributed by atoms with van der Waals surface area (Å²) in [5.74, 6) is 0.728. The third-order valence-corrected chi connectivity index (χ3v) is 4.86. The number of halogens is 1. The first-order valence-electron chi connectivity index (χ1n) is 10.3. The predicted molar refractivity (Wildman–Crippen MR) is 118 cm³/mol. The van der Waals surface area contributed by atoms with Gasteiger partial charge in [-0.1, -0.05) is 20.3 Å². The minimum atomic E-state index is -0.533. The lowest BCUT2D eigenvalue weighted by Gasteiger charge is -2.37. The normalized spacial score (nSPS) is 19.1. The van der Waals surface area contributed by atoms with Gasteiger partial charge in [-0.3, -0.25) is 4.79 Å². The summed E-state index contributed by atoms with van der Waals surface area (Å²) < 4.78 is 13.9. The fourth-order valence-corrected chi connectivity index (χ4v) is 3.35. The standard InChI is InChI=1S/C18H19FN8O.C3H8/c1-9-15-17(27(2)8-14(28)25-15)26-18(22-9)24-12-4-11(5-12)23-16-13(19)3-10(6-20)7-21-16;1-3-2/h3,7,11-12H,4-5,8H2,1-2H3,(H,21,23)(H,25,28)(H,22,24,26);3H2,1-2H3. The van der Waals surface area contributed by atoms with E-state index < -0.39 is 5.82 Å². The molecule has 3 N–H and O–H groups in total. The molecule has 10 heteroatoms. The summed E-state index contributed by atoms with van der Waals surface area (Å²) in [6, 6.07) is 3.26.